The minimum atomic E-state index is -2.96. The molecular formula is C21H23F2N5O4. The SMILES string of the molecule is C[C@H](NC(=O)c1cc(-c2ccc(OC(F)F)cc2)nn(-c2cnn(C)c2)c1=O)C(C)(C)O. The van der Waals surface area contributed by atoms with Crippen molar-refractivity contribution in [1.29, 1.82) is 0 Å². The van der Waals surface area contributed by atoms with Gasteiger partial charge in [0.2, 0.25) is 0 Å². The van der Waals surface area contributed by atoms with Crippen molar-refractivity contribution < 1.29 is 23.4 Å². The molecule has 0 fully saturated rings. The lowest BCUT2D eigenvalue weighted by Crippen LogP contribution is -2.48. The van der Waals surface area contributed by atoms with Crippen molar-refractivity contribution in [2.24, 2.45) is 7.05 Å². The smallest absolute Gasteiger partial charge is 0.387 e. The molecule has 0 bridgehead atoms. The van der Waals surface area contributed by atoms with Crippen LogP contribution in [-0.2, 0) is 7.05 Å². The number of rotatable bonds is 7. The molecule has 3 rings (SSSR count). The van der Waals surface area contributed by atoms with Gasteiger partial charge in [-0.05, 0) is 51.1 Å². The Kier molecular flexibility index (Phi) is 6.40. The Bertz CT molecular complexity index is 1170. The molecule has 0 unspecified atom stereocenters. The van der Waals surface area contributed by atoms with E-state index in [1.54, 1.807) is 20.2 Å². The molecule has 0 spiro atoms. The number of nitrogens with zero attached hydrogens (tertiary/aromatic N) is 4. The number of aliphatic hydroxyl groups is 1. The third kappa shape index (κ3) is 5.17. The number of halogens is 2. The standard InChI is InChI=1S/C21H23F2N5O4/c1-12(21(2,3)31)25-18(29)16-9-17(13-5-7-15(8-6-13)32-20(22)23)26-28(19(16)30)14-10-24-27(4)11-14/h5-12,20,31H,1-4H3,(H,25,29)/t12-/m0/s1. The molecule has 1 atom stereocenters. The topological polar surface area (TPSA) is 111 Å². The second-order valence-electron chi connectivity index (χ2n) is 7.78. The second kappa shape index (κ2) is 8.87. The third-order valence-electron chi connectivity index (χ3n) is 4.87. The van der Waals surface area contributed by atoms with Gasteiger partial charge in [0.05, 0.1) is 29.7 Å². The van der Waals surface area contributed by atoms with Gasteiger partial charge in [-0.2, -0.15) is 23.7 Å². The first-order valence-corrected chi connectivity index (χ1v) is 9.67. The van der Waals surface area contributed by atoms with E-state index < -0.39 is 29.7 Å². The second-order valence-corrected chi connectivity index (χ2v) is 7.78. The Morgan fingerprint density at radius 2 is 1.91 bits per heavy atom. The summed E-state index contributed by atoms with van der Waals surface area (Å²) < 4.78 is 31.7. The molecule has 0 saturated carbocycles. The van der Waals surface area contributed by atoms with E-state index in [4.69, 9.17) is 0 Å². The molecule has 11 heteroatoms. The van der Waals surface area contributed by atoms with Crippen LogP contribution in [0.15, 0.2) is 47.5 Å². The monoisotopic (exact) mass is 447 g/mol. The Hall–Kier alpha value is -3.60. The number of aromatic nitrogens is 4. The summed E-state index contributed by atoms with van der Waals surface area (Å²) in [4.78, 5) is 25.9. The molecule has 0 aliphatic carbocycles. The molecular weight excluding hydrogens is 424 g/mol. The molecule has 170 valence electrons. The minimum absolute atomic E-state index is 0.0405. The molecule has 0 aliphatic heterocycles. The Balaban J connectivity index is 2.09. The van der Waals surface area contributed by atoms with Crippen molar-refractivity contribution in [2.45, 2.75) is 39.0 Å². The van der Waals surface area contributed by atoms with Crippen LogP contribution in [0, 0.1) is 0 Å². The summed E-state index contributed by atoms with van der Waals surface area (Å²) in [5, 5.41) is 21.1. The average Bonchev–Trinajstić information content (AvgIpc) is 3.13. The van der Waals surface area contributed by atoms with Crippen LogP contribution >= 0.6 is 0 Å². The normalized spacial score (nSPS) is 12.6. The largest absolute Gasteiger partial charge is 0.435 e. The van der Waals surface area contributed by atoms with E-state index in [1.807, 2.05) is 0 Å². The fourth-order valence-corrected chi connectivity index (χ4v) is 2.75. The number of carbonyl (C=O) groups excluding carboxylic acids is 1. The van der Waals surface area contributed by atoms with Crippen molar-refractivity contribution >= 4 is 5.91 Å². The zero-order valence-electron chi connectivity index (χ0n) is 17.9. The summed E-state index contributed by atoms with van der Waals surface area (Å²) in [5.41, 5.74) is -1.05. The van der Waals surface area contributed by atoms with Crippen LogP contribution in [0.3, 0.4) is 0 Å². The van der Waals surface area contributed by atoms with Crippen molar-refractivity contribution in [2.75, 3.05) is 0 Å². The molecule has 32 heavy (non-hydrogen) atoms. The van der Waals surface area contributed by atoms with Gasteiger partial charge >= 0.3 is 6.61 Å². The van der Waals surface area contributed by atoms with Crippen LogP contribution in [0.2, 0.25) is 0 Å². The molecule has 2 N–H and O–H groups in total. The highest BCUT2D eigenvalue weighted by atomic mass is 19.3. The Morgan fingerprint density at radius 3 is 2.44 bits per heavy atom. The van der Waals surface area contributed by atoms with Gasteiger partial charge < -0.3 is 15.2 Å². The predicted octanol–water partition coefficient (Wildman–Crippen LogP) is 2.12. The lowest BCUT2D eigenvalue weighted by atomic mass is 10.0. The van der Waals surface area contributed by atoms with E-state index in [1.165, 1.54) is 55.1 Å². The van der Waals surface area contributed by atoms with Gasteiger partial charge in [0.25, 0.3) is 11.5 Å². The molecule has 0 radical (unpaired) electrons. The Morgan fingerprint density at radius 1 is 1.25 bits per heavy atom. The Labute approximate surface area is 182 Å². The number of hydrogen-bond acceptors (Lipinski definition) is 6. The molecule has 2 aromatic heterocycles. The lowest BCUT2D eigenvalue weighted by Gasteiger charge is -2.26. The first-order chi connectivity index (χ1) is 15.0. The quantitative estimate of drug-likeness (QED) is 0.574. The molecule has 3 aromatic rings. The summed E-state index contributed by atoms with van der Waals surface area (Å²) in [6.07, 6.45) is 2.97. The van der Waals surface area contributed by atoms with Crippen LogP contribution in [-0.4, -0.2) is 48.8 Å². The number of ether oxygens (including phenoxy) is 1. The average molecular weight is 447 g/mol. The molecule has 0 aliphatic rings. The summed E-state index contributed by atoms with van der Waals surface area (Å²) >= 11 is 0. The summed E-state index contributed by atoms with van der Waals surface area (Å²) in [7, 11) is 1.67. The highest BCUT2D eigenvalue weighted by Crippen LogP contribution is 2.22. The van der Waals surface area contributed by atoms with Gasteiger partial charge in [0.1, 0.15) is 17.0 Å². The summed E-state index contributed by atoms with van der Waals surface area (Å²) in [5.74, 6) is -0.732. The number of amides is 1. The van der Waals surface area contributed by atoms with Crippen LogP contribution < -0.4 is 15.6 Å². The van der Waals surface area contributed by atoms with Gasteiger partial charge in [-0.25, -0.2) is 0 Å². The fraction of sp³-hybridized carbons (Fsp3) is 0.333. The lowest BCUT2D eigenvalue weighted by molar-refractivity contribution is -0.0498. The maximum absolute atomic E-state index is 13.0. The number of carbonyl (C=O) groups is 1. The molecule has 1 amide bonds. The molecule has 0 saturated heterocycles. The maximum atomic E-state index is 13.0. The minimum Gasteiger partial charge on any atom is -0.435 e. The van der Waals surface area contributed by atoms with Crippen LogP contribution in [0.5, 0.6) is 5.75 Å². The number of aryl methyl sites for hydroxylation is 1. The predicted molar refractivity (Wildman–Crippen MR) is 112 cm³/mol. The van der Waals surface area contributed by atoms with Crippen molar-refractivity contribution in [3.8, 4) is 22.7 Å². The fourth-order valence-electron chi connectivity index (χ4n) is 2.75. The highest BCUT2D eigenvalue weighted by molar-refractivity contribution is 5.95. The van der Waals surface area contributed by atoms with E-state index in [2.05, 4.69) is 20.3 Å². The van der Waals surface area contributed by atoms with Crippen LogP contribution in [0.4, 0.5) is 8.78 Å². The number of benzene rings is 1. The van der Waals surface area contributed by atoms with Gasteiger partial charge in [-0.15, -0.1) is 0 Å². The zero-order chi connectivity index (χ0) is 23.6. The summed E-state index contributed by atoms with van der Waals surface area (Å²) in [6.45, 7) is 1.72. The maximum Gasteiger partial charge on any atom is 0.387 e. The summed E-state index contributed by atoms with van der Waals surface area (Å²) in [6, 6.07) is 6.30. The van der Waals surface area contributed by atoms with E-state index >= 15 is 0 Å². The van der Waals surface area contributed by atoms with E-state index in [-0.39, 0.29) is 17.0 Å². The van der Waals surface area contributed by atoms with Crippen LogP contribution in [0.25, 0.3) is 16.9 Å². The first kappa shape index (κ1) is 23.1. The third-order valence-corrected chi connectivity index (χ3v) is 4.87. The molecule has 9 nitrogen and oxygen atoms in total. The van der Waals surface area contributed by atoms with Gasteiger partial charge in [0.15, 0.2) is 0 Å². The van der Waals surface area contributed by atoms with Crippen molar-refractivity contribution in [3.05, 3.63) is 58.6 Å². The van der Waals surface area contributed by atoms with Gasteiger partial charge in [0, 0.05) is 12.6 Å². The zero-order valence-corrected chi connectivity index (χ0v) is 17.9. The first-order valence-electron chi connectivity index (χ1n) is 9.67. The molecule has 1 aromatic carbocycles. The molecule has 2 heterocycles. The van der Waals surface area contributed by atoms with E-state index in [0.29, 0.717) is 11.3 Å². The number of nitrogens with one attached hydrogen (secondary N) is 1. The van der Waals surface area contributed by atoms with Gasteiger partial charge in [-0.3, -0.25) is 14.3 Å². The van der Waals surface area contributed by atoms with Crippen molar-refractivity contribution in [3.63, 3.8) is 0 Å². The van der Waals surface area contributed by atoms with Gasteiger partial charge in [-0.1, -0.05) is 0 Å². The van der Waals surface area contributed by atoms with E-state index in [0.717, 1.165) is 4.68 Å². The van der Waals surface area contributed by atoms with Crippen LogP contribution in [0.1, 0.15) is 31.1 Å². The van der Waals surface area contributed by atoms with E-state index in [9.17, 15) is 23.5 Å². The number of hydrogen-bond donors (Lipinski definition) is 2. The number of alkyl halides is 2. The van der Waals surface area contributed by atoms with Crippen molar-refractivity contribution in [1.82, 2.24) is 24.9 Å². The highest BCUT2D eigenvalue weighted by Gasteiger charge is 2.26.